The Labute approximate surface area is 237 Å². The molecule has 2 aliphatic rings. The molecule has 0 atom stereocenters. The smallest absolute Gasteiger partial charge is 0.227 e. The van der Waals surface area contributed by atoms with Gasteiger partial charge in [-0.15, -0.1) is 11.3 Å². The lowest BCUT2D eigenvalue weighted by Gasteiger charge is -2.39. The molecule has 2 aromatic heterocycles. The number of aryl methyl sites for hydroxylation is 1. The first kappa shape index (κ1) is 26.0. The molecule has 8 heteroatoms. The van der Waals surface area contributed by atoms with Crippen LogP contribution in [0, 0.1) is 0 Å². The molecule has 0 N–H and O–H groups in total. The van der Waals surface area contributed by atoms with Gasteiger partial charge in [0.2, 0.25) is 5.91 Å². The molecule has 0 aliphatic carbocycles. The number of aromatic nitrogens is 2. The highest BCUT2D eigenvalue weighted by atomic mass is 35.5. The fourth-order valence-corrected chi connectivity index (χ4v) is 6.85. The molecule has 4 aromatic rings. The van der Waals surface area contributed by atoms with Gasteiger partial charge in [-0.3, -0.25) is 9.69 Å². The molecule has 1 spiro atoms. The number of thiazole rings is 1. The van der Waals surface area contributed by atoms with Gasteiger partial charge in [-0.25, -0.2) is 9.97 Å². The Hall–Kier alpha value is -3.26. The molecule has 2 aromatic carbocycles. The maximum atomic E-state index is 13.6. The highest BCUT2D eigenvalue weighted by Gasteiger charge is 2.47. The summed E-state index contributed by atoms with van der Waals surface area (Å²) in [5, 5.41) is 0.460. The lowest BCUT2D eigenvalue weighted by atomic mass is 9.74. The number of ether oxygens (including phenoxy) is 1. The number of anilines is 1. The van der Waals surface area contributed by atoms with Gasteiger partial charge in [-0.1, -0.05) is 35.9 Å². The minimum Gasteiger partial charge on any atom is -0.497 e. The molecular weight excluding hydrogens is 528 g/mol. The average Bonchev–Trinajstić information content (AvgIpc) is 3.56. The number of likely N-dealkylation sites (tertiary alicyclic amines) is 1. The molecule has 39 heavy (non-hydrogen) atoms. The highest BCUT2D eigenvalue weighted by molar-refractivity contribution is 7.16. The molecule has 6 nitrogen and oxygen atoms in total. The summed E-state index contributed by atoms with van der Waals surface area (Å²) in [4.78, 5) is 26.9. The van der Waals surface area contributed by atoms with E-state index in [4.69, 9.17) is 21.3 Å². The van der Waals surface area contributed by atoms with E-state index in [1.54, 1.807) is 24.6 Å². The number of fused-ring (bicyclic) bond motifs is 4. The maximum Gasteiger partial charge on any atom is 0.227 e. The van der Waals surface area contributed by atoms with Crippen molar-refractivity contribution >= 4 is 50.8 Å². The summed E-state index contributed by atoms with van der Waals surface area (Å²) in [6, 6.07) is 16.1. The summed E-state index contributed by atoms with van der Waals surface area (Å²) in [7, 11) is 1.68. The Kier molecular flexibility index (Phi) is 7.38. The van der Waals surface area contributed by atoms with E-state index in [2.05, 4.69) is 46.3 Å². The van der Waals surface area contributed by atoms with Crippen LogP contribution in [-0.4, -0.2) is 54.1 Å². The zero-order valence-corrected chi connectivity index (χ0v) is 23.5. The van der Waals surface area contributed by atoms with Crippen molar-refractivity contribution < 1.29 is 9.53 Å². The molecule has 0 radical (unpaired) electrons. The quantitative estimate of drug-likeness (QED) is 0.246. The normalized spacial score (nSPS) is 16.8. The number of halogens is 1. The molecule has 1 saturated heterocycles. The zero-order valence-electron chi connectivity index (χ0n) is 22.0. The van der Waals surface area contributed by atoms with Crippen LogP contribution in [0.4, 0.5) is 5.69 Å². The van der Waals surface area contributed by atoms with Gasteiger partial charge in [-0.2, -0.15) is 0 Å². The fourth-order valence-electron chi connectivity index (χ4n) is 5.97. The van der Waals surface area contributed by atoms with Gasteiger partial charge in [0.05, 0.1) is 22.8 Å². The SMILES string of the molecule is COc1ccc(/C=C/CN2CCC3(CC2)CN(C(=O)CCc2ccnc(Cl)c2)c2ccc4scnc4c23)cc1. The minimum atomic E-state index is -0.0608. The predicted octanol–water partition coefficient (Wildman–Crippen LogP) is 6.38. The van der Waals surface area contributed by atoms with E-state index in [9.17, 15) is 4.79 Å². The van der Waals surface area contributed by atoms with Crippen LogP contribution in [-0.2, 0) is 16.6 Å². The van der Waals surface area contributed by atoms with Crippen LogP contribution in [0.25, 0.3) is 16.3 Å². The van der Waals surface area contributed by atoms with E-state index in [1.807, 2.05) is 34.7 Å². The maximum absolute atomic E-state index is 13.6. The first-order valence-electron chi connectivity index (χ1n) is 13.4. The monoisotopic (exact) mass is 558 g/mol. The van der Waals surface area contributed by atoms with E-state index in [1.165, 1.54) is 15.8 Å². The van der Waals surface area contributed by atoms with Gasteiger partial charge in [-0.05, 0) is 79.9 Å². The third-order valence-electron chi connectivity index (χ3n) is 8.08. The van der Waals surface area contributed by atoms with Crippen molar-refractivity contribution in [3.8, 4) is 5.75 Å². The number of piperidine rings is 1. The summed E-state index contributed by atoms with van der Waals surface area (Å²) in [6.07, 6.45) is 9.21. The van der Waals surface area contributed by atoms with Crippen molar-refractivity contribution in [2.45, 2.75) is 31.1 Å². The van der Waals surface area contributed by atoms with Gasteiger partial charge < -0.3 is 9.64 Å². The Bertz CT molecular complexity index is 1510. The van der Waals surface area contributed by atoms with Gasteiger partial charge in [0.15, 0.2) is 0 Å². The topological polar surface area (TPSA) is 58.6 Å². The molecule has 1 amide bonds. The van der Waals surface area contributed by atoms with Gasteiger partial charge in [0, 0.05) is 42.4 Å². The Balaban J connectivity index is 1.17. The molecule has 4 heterocycles. The van der Waals surface area contributed by atoms with Gasteiger partial charge >= 0.3 is 0 Å². The second-order valence-electron chi connectivity index (χ2n) is 10.4. The van der Waals surface area contributed by atoms with Crippen LogP contribution in [0.5, 0.6) is 5.75 Å². The first-order valence-corrected chi connectivity index (χ1v) is 14.6. The number of hydrogen-bond donors (Lipinski definition) is 0. The van der Waals surface area contributed by atoms with Crippen molar-refractivity contribution in [1.29, 1.82) is 0 Å². The van der Waals surface area contributed by atoms with E-state index in [0.29, 0.717) is 18.0 Å². The van der Waals surface area contributed by atoms with Crippen molar-refractivity contribution in [2.24, 2.45) is 0 Å². The lowest BCUT2D eigenvalue weighted by molar-refractivity contribution is -0.118. The van der Waals surface area contributed by atoms with Crippen molar-refractivity contribution in [1.82, 2.24) is 14.9 Å². The van der Waals surface area contributed by atoms with Gasteiger partial charge in [0.1, 0.15) is 10.9 Å². The van der Waals surface area contributed by atoms with Gasteiger partial charge in [0.25, 0.3) is 0 Å². The Morgan fingerprint density at radius 2 is 1.95 bits per heavy atom. The molecule has 200 valence electrons. The van der Waals surface area contributed by atoms with Crippen LogP contribution in [0.2, 0.25) is 5.15 Å². The summed E-state index contributed by atoms with van der Waals surface area (Å²) >= 11 is 7.73. The van der Waals surface area contributed by atoms with Crippen molar-refractivity contribution in [3.63, 3.8) is 0 Å². The predicted molar refractivity (Wildman–Crippen MR) is 159 cm³/mol. The third-order valence-corrected chi connectivity index (χ3v) is 9.09. The molecule has 6 rings (SSSR count). The number of pyridine rings is 1. The summed E-state index contributed by atoms with van der Waals surface area (Å²) < 4.78 is 6.45. The molecule has 2 aliphatic heterocycles. The number of hydrogen-bond acceptors (Lipinski definition) is 6. The molecule has 0 unspecified atom stereocenters. The van der Waals surface area contributed by atoms with E-state index >= 15 is 0 Å². The largest absolute Gasteiger partial charge is 0.497 e. The number of benzene rings is 2. The fraction of sp³-hybridized carbons (Fsp3) is 0.323. The van der Waals surface area contributed by atoms with Crippen LogP contribution < -0.4 is 9.64 Å². The number of carbonyl (C=O) groups excluding carboxylic acids is 1. The molecule has 1 fully saturated rings. The van der Waals surface area contributed by atoms with E-state index in [-0.39, 0.29) is 11.3 Å². The average molecular weight is 559 g/mol. The van der Waals surface area contributed by atoms with Crippen LogP contribution in [0.1, 0.15) is 36.0 Å². The Morgan fingerprint density at radius 1 is 1.13 bits per heavy atom. The van der Waals surface area contributed by atoms with Crippen LogP contribution in [0.3, 0.4) is 0 Å². The Morgan fingerprint density at radius 3 is 2.72 bits per heavy atom. The van der Waals surface area contributed by atoms with Crippen molar-refractivity contribution in [2.75, 3.05) is 38.2 Å². The number of rotatable bonds is 7. The van der Waals surface area contributed by atoms with E-state index < -0.39 is 0 Å². The number of methoxy groups -OCH3 is 1. The highest BCUT2D eigenvalue weighted by Crippen LogP contribution is 2.50. The standard InChI is InChI=1S/C31H31ClN4O2S/c1-38-24-7-4-22(5-8-24)3-2-16-35-17-13-31(14-18-35)20-36(25-9-10-26-30(29(25)31)34-21-39-26)28(37)11-6-23-12-15-33-27(32)19-23/h2-5,7-10,12,15,19,21H,6,11,13-14,16-18,20H2,1H3/b3-2+. The molecular formula is C31H31ClN4O2S. The zero-order chi connectivity index (χ0) is 26.8. The molecule has 0 bridgehead atoms. The lowest BCUT2D eigenvalue weighted by Crippen LogP contribution is -2.46. The van der Waals surface area contributed by atoms with Crippen molar-refractivity contribution in [3.05, 3.63) is 88.2 Å². The second kappa shape index (κ2) is 11.1. The van der Waals surface area contributed by atoms with Crippen LogP contribution in [0.15, 0.2) is 66.3 Å². The minimum absolute atomic E-state index is 0.0608. The summed E-state index contributed by atoms with van der Waals surface area (Å²) in [5.41, 5.74) is 7.45. The molecule has 0 saturated carbocycles. The second-order valence-corrected chi connectivity index (χ2v) is 11.7. The number of nitrogens with zero attached hydrogens (tertiary/aromatic N) is 4. The third kappa shape index (κ3) is 5.31. The number of amides is 1. The summed E-state index contributed by atoms with van der Waals surface area (Å²) in [6.45, 7) is 3.62. The number of carbonyl (C=O) groups is 1. The van der Waals surface area contributed by atoms with Crippen LogP contribution >= 0.6 is 22.9 Å². The first-order chi connectivity index (χ1) is 19.0. The summed E-state index contributed by atoms with van der Waals surface area (Å²) in [5.74, 6) is 1.02. The van der Waals surface area contributed by atoms with E-state index in [0.717, 1.165) is 61.5 Å².